The molecule has 0 amide bonds. The summed E-state index contributed by atoms with van der Waals surface area (Å²) in [5, 5.41) is 0. The third kappa shape index (κ3) is 4.10. The molecule has 1 unspecified atom stereocenters. The van der Waals surface area contributed by atoms with Crippen molar-refractivity contribution in [3.05, 3.63) is 0 Å². The van der Waals surface area contributed by atoms with Crippen LogP contribution in [0.5, 0.6) is 0 Å². The molecule has 1 fully saturated rings. The zero-order valence-electron chi connectivity index (χ0n) is 10.6. The molecular weight excluding hydrogens is 206 g/mol. The number of carbonyl (C=O) groups excluding carboxylic acids is 1. The number of ether oxygens (including phenoxy) is 2. The Morgan fingerprint density at radius 3 is 2.69 bits per heavy atom. The lowest BCUT2D eigenvalue weighted by atomic mass is 10.0. The molecule has 0 aromatic heterocycles. The second-order valence-electron chi connectivity index (χ2n) is 4.37. The van der Waals surface area contributed by atoms with E-state index < -0.39 is 0 Å². The van der Waals surface area contributed by atoms with Gasteiger partial charge < -0.3 is 9.47 Å². The Labute approximate surface area is 97.9 Å². The molecule has 0 aliphatic carbocycles. The number of hydrogen-bond acceptors (Lipinski definition) is 4. The van der Waals surface area contributed by atoms with E-state index >= 15 is 0 Å². The van der Waals surface area contributed by atoms with E-state index in [1.165, 1.54) is 0 Å². The molecule has 1 aliphatic heterocycles. The number of nitrogens with zero attached hydrogens (tertiary/aromatic N) is 1. The van der Waals surface area contributed by atoms with Crippen LogP contribution in [0.15, 0.2) is 0 Å². The smallest absolute Gasteiger partial charge is 0.307 e. The van der Waals surface area contributed by atoms with Crippen molar-refractivity contribution in [3.63, 3.8) is 0 Å². The van der Waals surface area contributed by atoms with Crippen molar-refractivity contribution in [2.75, 3.05) is 26.9 Å². The van der Waals surface area contributed by atoms with Crippen LogP contribution in [0.2, 0.25) is 0 Å². The molecule has 4 heteroatoms. The van der Waals surface area contributed by atoms with Gasteiger partial charge >= 0.3 is 5.97 Å². The van der Waals surface area contributed by atoms with Crippen LogP contribution in [0.25, 0.3) is 0 Å². The average Bonchev–Trinajstić information content (AvgIpc) is 2.29. The van der Waals surface area contributed by atoms with Gasteiger partial charge in [-0.2, -0.15) is 0 Å². The second-order valence-corrected chi connectivity index (χ2v) is 4.37. The summed E-state index contributed by atoms with van der Waals surface area (Å²) in [6, 6.07) is 0.778. The Balaban J connectivity index is 2.33. The SMILES string of the molecule is CCOC(=O)CC(C)N(C)C1CCOCC1. The summed E-state index contributed by atoms with van der Waals surface area (Å²) in [5.41, 5.74) is 0. The van der Waals surface area contributed by atoms with E-state index in [1.807, 2.05) is 6.92 Å². The Kier molecular flexibility index (Phi) is 5.77. The molecule has 0 radical (unpaired) electrons. The van der Waals surface area contributed by atoms with Crippen molar-refractivity contribution in [1.82, 2.24) is 4.90 Å². The third-order valence-corrected chi connectivity index (χ3v) is 3.23. The number of esters is 1. The highest BCUT2D eigenvalue weighted by atomic mass is 16.5. The number of carbonyl (C=O) groups is 1. The third-order valence-electron chi connectivity index (χ3n) is 3.23. The summed E-state index contributed by atoms with van der Waals surface area (Å²) < 4.78 is 10.3. The van der Waals surface area contributed by atoms with Crippen LogP contribution in [0.1, 0.15) is 33.1 Å². The first-order valence-electron chi connectivity index (χ1n) is 6.10. The van der Waals surface area contributed by atoms with Gasteiger partial charge in [-0.1, -0.05) is 0 Å². The van der Waals surface area contributed by atoms with E-state index in [9.17, 15) is 4.79 Å². The fourth-order valence-electron chi connectivity index (χ4n) is 2.06. The van der Waals surface area contributed by atoms with Gasteiger partial charge in [0.25, 0.3) is 0 Å². The van der Waals surface area contributed by atoms with Crippen molar-refractivity contribution in [3.8, 4) is 0 Å². The quantitative estimate of drug-likeness (QED) is 0.669. The molecule has 0 bridgehead atoms. The highest BCUT2D eigenvalue weighted by molar-refractivity contribution is 5.70. The van der Waals surface area contributed by atoms with E-state index in [0.29, 0.717) is 19.1 Å². The molecule has 4 nitrogen and oxygen atoms in total. The summed E-state index contributed by atoms with van der Waals surface area (Å²) in [6.07, 6.45) is 2.59. The lowest BCUT2D eigenvalue weighted by molar-refractivity contribution is -0.144. The highest BCUT2D eigenvalue weighted by Gasteiger charge is 2.23. The first kappa shape index (κ1) is 13.5. The fraction of sp³-hybridized carbons (Fsp3) is 0.917. The van der Waals surface area contributed by atoms with Crippen LogP contribution in [-0.4, -0.2) is 49.8 Å². The molecular formula is C12H23NO3. The van der Waals surface area contributed by atoms with Crippen molar-refractivity contribution in [2.24, 2.45) is 0 Å². The van der Waals surface area contributed by atoms with Gasteiger partial charge in [-0.25, -0.2) is 0 Å². The van der Waals surface area contributed by atoms with E-state index in [2.05, 4.69) is 18.9 Å². The molecule has 0 N–H and O–H groups in total. The normalized spacial score (nSPS) is 19.8. The van der Waals surface area contributed by atoms with Gasteiger partial charge in [0.05, 0.1) is 13.0 Å². The average molecular weight is 229 g/mol. The maximum Gasteiger partial charge on any atom is 0.307 e. The van der Waals surface area contributed by atoms with Gasteiger partial charge in [0.2, 0.25) is 0 Å². The molecule has 0 aromatic carbocycles. The molecule has 1 aliphatic rings. The van der Waals surface area contributed by atoms with Gasteiger partial charge in [-0.3, -0.25) is 9.69 Å². The minimum absolute atomic E-state index is 0.103. The first-order chi connectivity index (χ1) is 7.65. The summed E-state index contributed by atoms with van der Waals surface area (Å²) in [5.74, 6) is -0.103. The predicted octanol–water partition coefficient (Wildman–Crippen LogP) is 1.44. The van der Waals surface area contributed by atoms with Gasteiger partial charge in [0.1, 0.15) is 0 Å². The lowest BCUT2D eigenvalue weighted by Gasteiger charge is -2.35. The van der Waals surface area contributed by atoms with Gasteiger partial charge in [0.15, 0.2) is 0 Å². The molecule has 1 rings (SSSR count). The Morgan fingerprint density at radius 1 is 1.50 bits per heavy atom. The molecule has 1 saturated heterocycles. The predicted molar refractivity (Wildman–Crippen MR) is 62.3 cm³/mol. The zero-order chi connectivity index (χ0) is 12.0. The van der Waals surface area contributed by atoms with Crippen LogP contribution in [0.3, 0.4) is 0 Å². The summed E-state index contributed by atoms with van der Waals surface area (Å²) >= 11 is 0. The van der Waals surface area contributed by atoms with E-state index in [1.54, 1.807) is 0 Å². The number of rotatable bonds is 5. The highest BCUT2D eigenvalue weighted by Crippen LogP contribution is 2.16. The van der Waals surface area contributed by atoms with Gasteiger partial charge in [-0.05, 0) is 33.7 Å². The van der Waals surface area contributed by atoms with Crippen LogP contribution in [0.4, 0.5) is 0 Å². The summed E-state index contributed by atoms with van der Waals surface area (Å²) in [7, 11) is 2.08. The van der Waals surface area contributed by atoms with Crippen molar-refractivity contribution in [1.29, 1.82) is 0 Å². The second kappa shape index (κ2) is 6.86. The summed E-state index contributed by atoms with van der Waals surface area (Å²) in [4.78, 5) is 13.6. The molecule has 0 spiro atoms. The first-order valence-corrected chi connectivity index (χ1v) is 6.10. The van der Waals surface area contributed by atoms with Crippen LogP contribution >= 0.6 is 0 Å². The zero-order valence-corrected chi connectivity index (χ0v) is 10.6. The van der Waals surface area contributed by atoms with E-state index in [4.69, 9.17) is 9.47 Å². The van der Waals surface area contributed by atoms with Gasteiger partial charge in [-0.15, -0.1) is 0 Å². The van der Waals surface area contributed by atoms with Gasteiger partial charge in [0, 0.05) is 25.3 Å². The van der Waals surface area contributed by atoms with E-state index in [0.717, 1.165) is 26.1 Å². The van der Waals surface area contributed by atoms with E-state index in [-0.39, 0.29) is 12.0 Å². The van der Waals surface area contributed by atoms with Crippen molar-refractivity contribution < 1.29 is 14.3 Å². The topological polar surface area (TPSA) is 38.8 Å². The fourth-order valence-corrected chi connectivity index (χ4v) is 2.06. The minimum Gasteiger partial charge on any atom is -0.466 e. The Morgan fingerprint density at radius 2 is 2.12 bits per heavy atom. The number of hydrogen-bond donors (Lipinski definition) is 0. The Hall–Kier alpha value is -0.610. The van der Waals surface area contributed by atoms with Crippen LogP contribution in [0, 0.1) is 0 Å². The van der Waals surface area contributed by atoms with Crippen molar-refractivity contribution in [2.45, 2.75) is 45.2 Å². The molecule has 94 valence electrons. The van der Waals surface area contributed by atoms with Crippen molar-refractivity contribution >= 4 is 5.97 Å². The monoisotopic (exact) mass is 229 g/mol. The van der Waals surface area contributed by atoms with Crippen LogP contribution < -0.4 is 0 Å². The minimum atomic E-state index is -0.103. The standard InChI is InChI=1S/C12H23NO3/c1-4-16-12(14)9-10(2)13(3)11-5-7-15-8-6-11/h10-11H,4-9H2,1-3H3. The van der Waals surface area contributed by atoms with Crippen LogP contribution in [-0.2, 0) is 14.3 Å². The maximum atomic E-state index is 11.4. The molecule has 0 aromatic rings. The lowest BCUT2D eigenvalue weighted by Crippen LogP contribution is -2.42. The molecule has 16 heavy (non-hydrogen) atoms. The largest absolute Gasteiger partial charge is 0.466 e. The maximum absolute atomic E-state index is 11.4. The Bertz CT molecular complexity index is 214. The molecule has 1 heterocycles. The summed E-state index contributed by atoms with van der Waals surface area (Å²) in [6.45, 7) is 6.05. The molecule has 1 atom stereocenters. The molecule has 0 saturated carbocycles.